The predicted molar refractivity (Wildman–Crippen MR) is 112 cm³/mol. The van der Waals surface area contributed by atoms with Crippen LogP contribution in [0.2, 0.25) is 0 Å². The lowest BCUT2D eigenvalue weighted by Crippen LogP contribution is -2.34. The van der Waals surface area contributed by atoms with Crippen molar-refractivity contribution in [3.63, 3.8) is 0 Å². The lowest BCUT2D eigenvalue weighted by molar-refractivity contribution is -0.101. The van der Waals surface area contributed by atoms with E-state index in [2.05, 4.69) is 0 Å². The monoisotopic (exact) mass is 451 g/mol. The molecule has 31 heavy (non-hydrogen) atoms. The number of hydrogen-bond donors (Lipinski definition) is 1. The van der Waals surface area contributed by atoms with Gasteiger partial charge < -0.3 is 23.5 Å². The minimum Gasteiger partial charge on any atom is -0.496 e. The number of pyridine rings is 1. The number of aromatic nitrogens is 1. The molecular weight excluding hydrogens is 426 g/mol. The highest BCUT2D eigenvalue weighted by molar-refractivity contribution is 7.85. The van der Waals surface area contributed by atoms with Gasteiger partial charge in [-0.3, -0.25) is 9.35 Å². The van der Waals surface area contributed by atoms with Crippen molar-refractivity contribution in [1.82, 2.24) is 4.57 Å². The number of benzene rings is 1. The van der Waals surface area contributed by atoms with Crippen molar-refractivity contribution in [2.24, 2.45) is 0 Å². The van der Waals surface area contributed by atoms with Crippen LogP contribution in [-0.4, -0.2) is 57.2 Å². The molecule has 9 nitrogen and oxygen atoms in total. The average molecular weight is 451 g/mol. The zero-order chi connectivity index (χ0) is 22.2. The topological polar surface area (TPSA) is 113 Å². The summed E-state index contributed by atoms with van der Waals surface area (Å²) >= 11 is 0. The van der Waals surface area contributed by atoms with Crippen molar-refractivity contribution in [1.29, 1.82) is 0 Å². The lowest BCUT2D eigenvalue weighted by atomic mass is 9.92. The number of methoxy groups -OCH3 is 1. The van der Waals surface area contributed by atoms with Gasteiger partial charge in [-0.1, -0.05) is 6.07 Å². The van der Waals surface area contributed by atoms with E-state index in [0.717, 1.165) is 16.7 Å². The number of rotatable bonds is 6. The highest BCUT2D eigenvalue weighted by Gasteiger charge is 2.25. The van der Waals surface area contributed by atoms with Crippen molar-refractivity contribution < 1.29 is 31.9 Å². The standard InChI is InChI=1S/C21H25NO8S/c1-13-18(30-11-16-10-28-5-6-29-16)9-20(23)22-4-3-14-7-15(12-31(24,25)26)19(27-2)8-17(14)21(13)22/h7-9,16H,3-6,10-12H2,1-2H3,(H,24,25,26)/t16-/m0/s1. The van der Waals surface area contributed by atoms with E-state index >= 15 is 0 Å². The minimum absolute atomic E-state index is 0.178. The summed E-state index contributed by atoms with van der Waals surface area (Å²) < 4.78 is 56.0. The Morgan fingerprint density at radius 3 is 2.71 bits per heavy atom. The zero-order valence-corrected chi connectivity index (χ0v) is 18.2. The number of nitrogens with zero attached hydrogens (tertiary/aromatic N) is 1. The average Bonchev–Trinajstić information content (AvgIpc) is 2.73. The van der Waals surface area contributed by atoms with Gasteiger partial charge in [0.1, 0.15) is 30.0 Å². The Morgan fingerprint density at radius 1 is 1.23 bits per heavy atom. The summed E-state index contributed by atoms with van der Waals surface area (Å²) in [5.41, 5.74) is 3.35. The van der Waals surface area contributed by atoms with Crippen molar-refractivity contribution in [2.75, 3.05) is 33.5 Å². The molecule has 168 valence electrons. The summed E-state index contributed by atoms with van der Waals surface area (Å²) in [7, 11) is -2.78. The van der Waals surface area contributed by atoms with Crippen LogP contribution in [0.4, 0.5) is 0 Å². The Morgan fingerprint density at radius 2 is 2.03 bits per heavy atom. The van der Waals surface area contributed by atoms with Crippen LogP contribution in [0.5, 0.6) is 11.5 Å². The second-order valence-corrected chi connectivity index (χ2v) is 9.10. The Hall–Kier alpha value is -2.40. The highest BCUT2D eigenvalue weighted by Crippen LogP contribution is 2.38. The number of fused-ring (bicyclic) bond motifs is 3. The quantitative estimate of drug-likeness (QED) is 0.659. The largest absolute Gasteiger partial charge is 0.496 e. The Labute approximate surface area is 180 Å². The van der Waals surface area contributed by atoms with Gasteiger partial charge in [0.15, 0.2) is 0 Å². The highest BCUT2D eigenvalue weighted by atomic mass is 32.2. The summed E-state index contributed by atoms with van der Waals surface area (Å²) in [6.07, 6.45) is 0.361. The molecule has 0 amide bonds. The molecule has 1 aromatic heterocycles. The van der Waals surface area contributed by atoms with Crippen LogP contribution in [0.25, 0.3) is 11.3 Å². The summed E-state index contributed by atoms with van der Waals surface area (Å²) in [6.45, 7) is 4.13. The van der Waals surface area contributed by atoms with E-state index in [0.29, 0.717) is 55.5 Å². The van der Waals surface area contributed by atoms with Gasteiger partial charge in [0.05, 0.1) is 32.6 Å². The Bertz CT molecular complexity index is 1150. The molecule has 0 radical (unpaired) electrons. The van der Waals surface area contributed by atoms with Crippen LogP contribution in [-0.2, 0) is 38.3 Å². The van der Waals surface area contributed by atoms with E-state index in [4.69, 9.17) is 18.9 Å². The first-order chi connectivity index (χ1) is 14.8. The smallest absolute Gasteiger partial charge is 0.269 e. The molecule has 0 saturated carbocycles. The molecule has 4 rings (SSSR count). The fourth-order valence-electron chi connectivity index (χ4n) is 4.10. The third-order valence-corrected chi connectivity index (χ3v) is 6.20. The van der Waals surface area contributed by atoms with Crippen molar-refractivity contribution in [2.45, 2.75) is 31.7 Å². The maximum absolute atomic E-state index is 12.8. The van der Waals surface area contributed by atoms with Crippen LogP contribution in [0.15, 0.2) is 23.0 Å². The minimum atomic E-state index is -4.21. The van der Waals surface area contributed by atoms with Gasteiger partial charge in [0.25, 0.3) is 15.7 Å². The van der Waals surface area contributed by atoms with Gasteiger partial charge in [0.2, 0.25) is 0 Å². The molecule has 0 spiro atoms. The maximum Gasteiger partial charge on any atom is 0.269 e. The van der Waals surface area contributed by atoms with Crippen LogP contribution in [0, 0.1) is 6.92 Å². The van der Waals surface area contributed by atoms with Gasteiger partial charge in [-0.25, -0.2) is 0 Å². The molecular formula is C21H25NO8S. The number of ether oxygens (including phenoxy) is 4. The normalized spacial score (nSPS) is 18.2. The van der Waals surface area contributed by atoms with Gasteiger partial charge in [-0.05, 0) is 25.0 Å². The second kappa shape index (κ2) is 8.62. The first-order valence-corrected chi connectivity index (χ1v) is 11.6. The van der Waals surface area contributed by atoms with Gasteiger partial charge in [-0.2, -0.15) is 8.42 Å². The predicted octanol–water partition coefficient (Wildman–Crippen LogP) is 1.57. The molecule has 1 fully saturated rings. The lowest BCUT2D eigenvalue weighted by Gasteiger charge is -2.27. The van der Waals surface area contributed by atoms with Gasteiger partial charge in [-0.15, -0.1) is 0 Å². The summed E-state index contributed by atoms with van der Waals surface area (Å²) in [6, 6.07) is 4.92. The van der Waals surface area contributed by atoms with Crippen molar-refractivity contribution in [3.8, 4) is 22.8 Å². The van der Waals surface area contributed by atoms with E-state index in [-0.39, 0.29) is 18.3 Å². The molecule has 0 aliphatic carbocycles. The molecule has 1 aromatic carbocycles. The third kappa shape index (κ3) is 4.62. The molecule has 0 bridgehead atoms. The summed E-state index contributed by atoms with van der Waals surface area (Å²) in [5.74, 6) is 0.261. The van der Waals surface area contributed by atoms with Crippen LogP contribution >= 0.6 is 0 Å². The van der Waals surface area contributed by atoms with Crippen molar-refractivity contribution in [3.05, 3.63) is 45.2 Å². The molecule has 0 unspecified atom stereocenters. The van der Waals surface area contributed by atoms with E-state index in [9.17, 15) is 17.8 Å². The molecule has 1 N–H and O–H groups in total. The molecule has 3 heterocycles. The van der Waals surface area contributed by atoms with E-state index in [1.54, 1.807) is 16.7 Å². The first kappa shape index (κ1) is 21.8. The number of aryl methyl sites for hydroxylation is 1. The zero-order valence-electron chi connectivity index (χ0n) is 17.4. The van der Waals surface area contributed by atoms with Crippen LogP contribution < -0.4 is 15.0 Å². The van der Waals surface area contributed by atoms with Gasteiger partial charge >= 0.3 is 0 Å². The van der Waals surface area contributed by atoms with Crippen LogP contribution in [0.3, 0.4) is 0 Å². The summed E-state index contributed by atoms with van der Waals surface area (Å²) in [5, 5.41) is 0. The molecule has 10 heteroatoms. The van der Waals surface area contributed by atoms with E-state index in [1.807, 2.05) is 6.92 Å². The third-order valence-electron chi connectivity index (χ3n) is 5.53. The SMILES string of the molecule is COc1cc2c(cc1CS(=O)(=O)O)CCn1c-2c(C)c(OC[C@@H]2COCCO2)cc1=O. The maximum atomic E-state index is 12.8. The first-order valence-electron chi connectivity index (χ1n) is 9.98. The molecule has 1 atom stereocenters. The van der Waals surface area contributed by atoms with E-state index < -0.39 is 15.9 Å². The fourth-order valence-corrected chi connectivity index (χ4v) is 4.72. The van der Waals surface area contributed by atoms with Crippen LogP contribution in [0.1, 0.15) is 16.7 Å². The fraction of sp³-hybridized carbons (Fsp3) is 0.476. The molecule has 1 saturated heterocycles. The van der Waals surface area contributed by atoms with E-state index in [1.165, 1.54) is 13.2 Å². The molecule has 2 aromatic rings. The second-order valence-electron chi connectivity index (χ2n) is 7.65. The van der Waals surface area contributed by atoms with Gasteiger partial charge in [0, 0.05) is 29.3 Å². The summed E-state index contributed by atoms with van der Waals surface area (Å²) in [4.78, 5) is 12.8. The molecule has 2 aliphatic heterocycles. The Kier molecular flexibility index (Phi) is 6.07. The molecule has 2 aliphatic rings. The van der Waals surface area contributed by atoms with Crippen molar-refractivity contribution >= 4 is 10.1 Å². The number of hydrogen-bond acceptors (Lipinski definition) is 7. The Balaban J connectivity index is 1.74.